The number of carbonyl (C=O) groups is 9. The van der Waals surface area contributed by atoms with E-state index in [4.69, 9.17) is 41.0 Å². The van der Waals surface area contributed by atoms with Crippen LogP contribution in [0.15, 0.2) is 72.4 Å². The third kappa shape index (κ3) is 18.5. The number of aliphatic hydroxyl groups is 1. The maximum atomic E-state index is 14.6. The summed E-state index contributed by atoms with van der Waals surface area (Å²) in [7, 11) is 5.71. The number of rotatable bonds is 24. The number of epoxide rings is 1. The lowest BCUT2D eigenvalue weighted by molar-refractivity contribution is -0.158. The van der Waals surface area contributed by atoms with Gasteiger partial charge in [-0.2, -0.15) is 0 Å². The molecule has 2 saturated heterocycles. The van der Waals surface area contributed by atoms with Crippen LogP contribution < -0.4 is 47.3 Å². The molecule has 0 spiro atoms. The molecule has 9 amide bonds. The van der Waals surface area contributed by atoms with E-state index in [1.54, 1.807) is 64.1 Å². The summed E-state index contributed by atoms with van der Waals surface area (Å²) in [5.74, 6) is -5.07. The van der Waals surface area contributed by atoms with Gasteiger partial charge in [-0.05, 0) is 88.6 Å². The quantitative estimate of drug-likeness (QED) is 0.0212. The van der Waals surface area contributed by atoms with E-state index < -0.39 is 120 Å². The van der Waals surface area contributed by atoms with Crippen LogP contribution in [-0.2, 0) is 54.1 Å². The van der Waals surface area contributed by atoms with Crippen LogP contribution in [0.1, 0.15) is 109 Å². The van der Waals surface area contributed by atoms with Gasteiger partial charge in [0.2, 0.25) is 29.5 Å². The number of methoxy groups -OCH3 is 2. The number of fused-ring (bicyclic) bond motifs is 5. The van der Waals surface area contributed by atoms with E-state index in [9.17, 15) is 48.3 Å². The van der Waals surface area contributed by atoms with Crippen LogP contribution in [0.5, 0.6) is 5.75 Å². The van der Waals surface area contributed by atoms with E-state index in [0.29, 0.717) is 54.6 Å². The van der Waals surface area contributed by atoms with Gasteiger partial charge < -0.3 is 70.9 Å². The summed E-state index contributed by atoms with van der Waals surface area (Å²) in [5, 5.41) is 28.4. The number of benzene rings is 2. The Kier molecular flexibility index (Phi) is 25.6. The molecule has 24 nitrogen and oxygen atoms in total. The molecule has 2 fully saturated rings. The minimum Gasteiger partial charge on any atom is -0.495 e. The molecule has 0 radical (unpaired) electrons. The summed E-state index contributed by atoms with van der Waals surface area (Å²) in [4.78, 5) is 124. The zero-order valence-electron chi connectivity index (χ0n) is 50.5. The fraction of sp³-hybridized carbons (Fsp3) is 0.550. The number of nitrogens with one attached hydrogen (secondary N) is 6. The number of alkyl halides is 1. The molecule has 5 rings (SSSR count). The zero-order chi connectivity index (χ0) is 63.8. The number of para-hydroxylation sites is 1. The third-order valence-corrected chi connectivity index (χ3v) is 16.6. The molecule has 0 aromatic heterocycles. The molecule has 3 aliphatic heterocycles. The van der Waals surface area contributed by atoms with Crippen LogP contribution in [-0.4, -0.2) is 164 Å². The molecule has 4 bridgehead atoms. The monoisotopic (exact) mass is 1280 g/mol. The fourth-order valence-electron chi connectivity index (χ4n) is 10.2. The Morgan fingerprint density at radius 1 is 1.01 bits per heavy atom. The van der Waals surface area contributed by atoms with Crippen molar-refractivity contribution in [2.75, 3.05) is 57.0 Å². The first kappa shape index (κ1) is 69.7. The maximum Gasteiger partial charge on any atom is 0.409 e. The van der Waals surface area contributed by atoms with Crippen LogP contribution in [0.3, 0.4) is 0 Å². The van der Waals surface area contributed by atoms with Crippen LogP contribution in [0, 0.1) is 11.8 Å². The summed E-state index contributed by atoms with van der Waals surface area (Å²) in [6.07, 6.45) is 1.84. The summed E-state index contributed by atoms with van der Waals surface area (Å²) in [6.45, 7) is 14.3. The number of hydrogen-bond donors (Lipinski definition) is 8. The predicted molar refractivity (Wildman–Crippen MR) is 325 cm³/mol. The minimum atomic E-state index is -1.93. The summed E-state index contributed by atoms with van der Waals surface area (Å²) < 4.78 is 29.6. The van der Waals surface area contributed by atoms with E-state index in [1.807, 2.05) is 13.0 Å². The highest BCUT2D eigenvalue weighted by Gasteiger charge is 2.64. The second-order valence-electron chi connectivity index (χ2n) is 22.4. The van der Waals surface area contributed by atoms with Gasteiger partial charge in [0.1, 0.15) is 52.8 Å². The number of anilines is 2. The number of likely N-dealkylation sites (N-methyl/N-ethyl adjacent to an activating group) is 1. The predicted octanol–water partition coefficient (Wildman–Crippen LogP) is 5.47. The van der Waals surface area contributed by atoms with Crippen molar-refractivity contribution in [1.29, 1.82) is 0 Å². The number of hydrogen-bond acceptors (Lipinski definition) is 15. The molecule has 2 aromatic rings. The Morgan fingerprint density at radius 2 is 1.71 bits per heavy atom. The normalized spacial score (nSPS) is 24.1. The van der Waals surface area contributed by atoms with Gasteiger partial charge in [0.15, 0.2) is 5.72 Å². The molecule has 86 heavy (non-hydrogen) atoms. The van der Waals surface area contributed by atoms with Crippen molar-refractivity contribution < 1.29 is 71.9 Å². The van der Waals surface area contributed by atoms with Crippen molar-refractivity contribution in [2.24, 2.45) is 17.6 Å². The molecule has 0 saturated carbocycles. The molecule has 0 aliphatic carbocycles. The Balaban J connectivity index is 1.36. The molecule has 0 unspecified atom stereocenters. The highest BCUT2D eigenvalue weighted by Crippen LogP contribution is 2.49. The standard InChI is InChI=1S/C60H83BrClN9O15/c1-33(2)50(68-47(72)24-13-12-16-25-64-52(74)35(4)32-61)54(76)67-41(22-18-26-65-57(63)79)53(75)66-40-21-15-14-20-39(40)55(77)70(8)37(6)56(78)85-46-30-48(73)71(9)42-28-38(29-43(82-10)49(42)62)27-34(3)19-17-23-45(83-11)60(81)31-44(84-58(80)69-60)36(5)51-59(46,7)86-51/h14-15,17,19-21,23,28-29,33,36-37,41,44-46,50-51,81H,4,12-13,16,18,22,24-27,30-32H2,1-3,5-11H3,(H,64,74)(H,66,75)(H,67,76)(H,68,72)(H,69,80)(H3,63,65,79)/b23-17+,34-19+/t36-,37+,41+,44+,45-,46+,50+,51+,59+,60+/m1/s1. The smallest absolute Gasteiger partial charge is 0.409 e. The zero-order valence-corrected chi connectivity index (χ0v) is 52.8. The van der Waals surface area contributed by atoms with Crippen molar-refractivity contribution in [3.05, 3.63) is 88.5 Å². The summed E-state index contributed by atoms with van der Waals surface area (Å²) in [6, 6.07) is 5.04. The van der Waals surface area contributed by atoms with E-state index in [-0.39, 0.29) is 54.4 Å². The van der Waals surface area contributed by atoms with Gasteiger partial charge in [0.25, 0.3) is 5.91 Å². The van der Waals surface area contributed by atoms with Crippen molar-refractivity contribution in [1.82, 2.24) is 31.5 Å². The molecule has 3 aliphatic rings. The Hall–Kier alpha value is -7.06. The van der Waals surface area contributed by atoms with E-state index in [2.05, 4.69) is 54.4 Å². The molecule has 9 N–H and O–H groups in total. The minimum absolute atomic E-state index is 0.0125. The van der Waals surface area contributed by atoms with Crippen molar-refractivity contribution in [3.63, 3.8) is 0 Å². The topological polar surface area (TPSA) is 328 Å². The van der Waals surface area contributed by atoms with Crippen LogP contribution >= 0.6 is 27.5 Å². The van der Waals surface area contributed by atoms with Crippen molar-refractivity contribution >= 4 is 92.4 Å². The number of nitrogens with zero attached hydrogens (tertiary/aromatic N) is 2. The summed E-state index contributed by atoms with van der Waals surface area (Å²) in [5.41, 5.74) is 4.20. The number of halogens is 2. The second-order valence-corrected chi connectivity index (χ2v) is 23.4. The number of unbranched alkanes of at least 4 members (excludes halogenated alkanes) is 2. The van der Waals surface area contributed by atoms with Crippen LogP contribution in [0.4, 0.5) is 21.0 Å². The lowest BCUT2D eigenvalue weighted by Gasteiger charge is -2.42. The van der Waals surface area contributed by atoms with Crippen molar-refractivity contribution in [3.8, 4) is 5.75 Å². The maximum absolute atomic E-state index is 14.6. The van der Waals surface area contributed by atoms with Gasteiger partial charge in [-0.25, -0.2) is 14.4 Å². The number of urea groups is 1. The number of amides is 9. The average Bonchev–Trinajstić information content (AvgIpc) is 1.71. The number of primary amides is 1. The lowest BCUT2D eigenvalue weighted by atomic mass is 9.83. The molecule has 3 heterocycles. The Bertz CT molecular complexity index is 2910. The number of nitrogens with two attached hydrogens (primary N) is 1. The SMILES string of the molecule is C=C(CBr)C(=O)NCCCCCC(=O)N[C@H](C(=O)N[C@@H](CCCNC(N)=O)C(=O)Nc1ccccc1C(=O)N(C)[C@@H](C)C(=O)O[C@H]1CC(=O)N(C)c2cc(cc(OC)c2Cl)C/C(C)=C/C=C/[C@@H](OC)[C@@]2(O)C[C@H](OC(=O)N2)[C@@H](C)[C@@H]2O[C@@]12C)C(C)C. The Morgan fingerprint density at radius 3 is 2.37 bits per heavy atom. The highest BCUT2D eigenvalue weighted by molar-refractivity contribution is 9.09. The van der Waals surface area contributed by atoms with E-state index in [1.165, 1.54) is 52.3 Å². The number of carbonyl (C=O) groups excluding carboxylic acids is 9. The molecule has 472 valence electrons. The van der Waals surface area contributed by atoms with Crippen molar-refractivity contribution in [2.45, 2.75) is 153 Å². The fourth-order valence-corrected chi connectivity index (χ4v) is 10.7. The highest BCUT2D eigenvalue weighted by atomic mass is 79.9. The largest absolute Gasteiger partial charge is 0.495 e. The first-order valence-electron chi connectivity index (χ1n) is 28.5. The molecule has 2 aromatic carbocycles. The van der Waals surface area contributed by atoms with Gasteiger partial charge >= 0.3 is 18.1 Å². The number of ether oxygens (including phenoxy) is 5. The van der Waals surface area contributed by atoms with Crippen LogP contribution in [0.25, 0.3) is 0 Å². The van der Waals surface area contributed by atoms with Gasteiger partial charge in [-0.15, -0.1) is 0 Å². The number of allylic oxidation sites excluding steroid dienone is 3. The molecule has 10 atom stereocenters. The number of alkyl carbamates (subject to hydrolysis) is 1. The van der Waals surface area contributed by atoms with Crippen LogP contribution in [0.2, 0.25) is 5.02 Å². The van der Waals surface area contributed by atoms with Gasteiger partial charge in [0, 0.05) is 64.0 Å². The summed E-state index contributed by atoms with van der Waals surface area (Å²) >= 11 is 10.1. The van der Waals surface area contributed by atoms with E-state index in [0.717, 1.165) is 16.0 Å². The third-order valence-electron chi connectivity index (χ3n) is 15.6. The second kappa shape index (κ2) is 31.5. The molecule has 26 heteroatoms. The number of esters is 1. The van der Waals surface area contributed by atoms with Gasteiger partial charge in [-0.1, -0.05) is 97.2 Å². The van der Waals surface area contributed by atoms with Gasteiger partial charge in [0.05, 0.1) is 36.6 Å². The molecular weight excluding hydrogens is 1200 g/mol. The first-order valence-corrected chi connectivity index (χ1v) is 30.0. The average molecular weight is 1290 g/mol. The Labute approximate surface area is 515 Å². The van der Waals surface area contributed by atoms with E-state index >= 15 is 0 Å². The first-order chi connectivity index (χ1) is 40.6. The lowest BCUT2D eigenvalue weighted by Crippen LogP contribution is -2.63. The van der Waals surface area contributed by atoms with Gasteiger partial charge in [-0.3, -0.25) is 34.1 Å². The molecular formula is C60H83BrClN9O15.